The van der Waals surface area contributed by atoms with Crippen LogP contribution >= 0.6 is 11.6 Å². The van der Waals surface area contributed by atoms with Crippen molar-refractivity contribution in [3.8, 4) is 0 Å². The molecule has 0 amide bonds. The van der Waals surface area contributed by atoms with E-state index in [1.54, 1.807) is 12.1 Å². The smallest absolute Gasteiger partial charge is 0.123 e. The van der Waals surface area contributed by atoms with Gasteiger partial charge in [0.15, 0.2) is 0 Å². The molecule has 2 aliphatic heterocycles. The van der Waals surface area contributed by atoms with E-state index in [1.165, 1.54) is 35.2 Å². The summed E-state index contributed by atoms with van der Waals surface area (Å²) in [6, 6.07) is 18.1. The van der Waals surface area contributed by atoms with Gasteiger partial charge in [-0.05, 0) is 90.8 Å². The maximum absolute atomic E-state index is 13.9. The van der Waals surface area contributed by atoms with Gasteiger partial charge in [-0.3, -0.25) is 0 Å². The molecule has 0 saturated carbocycles. The van der Waals surface area contributed by atoms with E-state index < -0.39 is 0 Å². The highest BCUT2D eigenvalue weighted by atomic mass is 35.5. The lowest BCUT2D eigenvalue weighted by Crippen LogP contribution is -2.45. The number of anilines is 1. The first-order valence-electron chi connectivity index (χ1n) is 12.7. The van der Waals surface area contributed by atoms with E-state index >= 15 is 0 Å². The van der Waals surface area contributed by atoms with Gasteiger partial charge in [0.05, 0.1) is 0 Å². The summed E-state index contributed by atoms with van der Waals surface area (Å²) in [5, 5.41) is 0.777. The second kappa shape index (κ2) is 9.02. The van der Waals surface area contributed by atoms with Crippen LogP contribution in [0.4, 0.5) is 10.1 Å². The molecular formula is C31H34ClFN2. The van der Waals surface area contributed by atoms with E-state index in [4.69, 9.17) is 11.6 Å². The molecule has 2 heterocycles. The van der Waals surface area contributed by atoms with Crippen LogP contribution in [0.1, 0.15) is 60.1 Å². The fourth-order valence-electron chi connectivity index (χ4n) is 6.35. The summed E-state index contributed by atoms with van der Waals surface area (Å²) in [5.41, 5.74) is 9.37. The van der Waals surface area contributed by atoms with Crippen LogP contribution in [0.2, 0.25) is 5.02 Å². The number of nitrogens with zero attached hydrogens (tertiary/aromatic N) is 2. The molecule has 1 aliphatic carbocycles. The molecule has 0 bridgehead atoms. The molecule has 3 aliphatic rings. The zero-order valence-corrected chi connectivity index (χ0v) is 21.9. The molecule has 1 saturated heterocycles. The lowest BCUT2D eigenvalue weighted by atomic mass is 9.72. The average molecular weight is 489 g/mol. The van der Waals surface area contributed by atoms with Gasteiger partial charge >= 0.3 is 0 Å². The lowest BCUT2D eigenvalue weighted by molar-refractivity contribution is 0.356. The molecular weight excluding hydrogens is 455 g/mol. The van der Waals surface area contributed by atoms with E-state index in [0.29, 0.717) is 6.17 Å². The first-order valence-corrected chi connectivity index (χ1v) is 13.1. The van der Waals surface area contributed by atoms with Gasteiger partial charge < -0.3 is 9.80 Å². The molecule has 182 valence electrons. The number of fused-ring (bicyclic) bond motifs is 3. The van der Waals surface area contributed by atoms with Gasteiger partial charge in [0, 0.05) is 41.0 Å². The third kappa shape index (κ3) is 3.76. The van der Waals surface area contributed by atoms with Gasteiger partial charge in [0.2, 0.25) is 0 Å². The highest BCUT2D eigenvalue weighted by molar-refractivity contribution is 6.31. The van der Waals surface area contributed by atoms with E-state index in [0.717, 1.165) is 46.8 Å². The zero-order chi connectivity index (χ0) is 24.9. The van der Waals surface area contributed by atoms with Crippen molar-refractivity contribution in [1.29, 1.82) is 0 Å². The van der Waals surface area contributed by atoms with Crippen molar-refractivity contribution in [2.24, 2.45) is 0 Å². The van der Waals surface area contributed by atoms with E-state index in [9.17, 15) is 4.39 Å². The summed E-state index contributed by atoms with van der Waals surface area (Å²) in [6.45, 7) is 11.6. The van der Waals surface area contributed by atoms with Gasteiger partial charge in [0.1, 0.15) is 12.0 Å². The molecule has 2 unspecified atom stereocenters. The number of hydrogen-bond acceptors (Lipinski definition) is 2. The Morgan fingerprint density at radius 3 is 2.37 bits per heavy atom. The standard InChI is InChI=1S/C29H28ClFN2.C2H6/c1-18-6-11-25(26(30)13-18)29(22-7-9-23(31)10-8-22)16-20-14-24-19(2)33-12-4-5-28(33)32(3)27(24)15-21(20)17-29;1-2/h6-11,13-15,28H,2,4-5,12,16-17H2,1,3H3;1-2H3. The number of hydrogen-bond donors (Lipinski definition) is 0. The minimum Gasteiger partial charge on any atom is -0.354 e. The Hall–Kier alpha value is -2.78. The molecule has 4 heteroatoms. The third-order valence-corrected chi connectivity index (χ3v) is 8.36. The summed E-state index contributed by atoms with van der Waals surface area (Å²) >= 11 is 6.86. The fourth-order valence-corrected chi connectivity index (χ4v) is 6.77. The van der Waals surface area contributed by atoms with Crippen molar-refractivity contribution in [1.82, 2.24) is 4.90 Å². The predicted molar refractivity (Wildman–Crippen MR) is 146 cm³/mol. The van der Waals surface area contributed by atoms with Gasteiger partial charge in [0.25, 0.3) is 0 Å². The Bertz CT molecular complexity index is 1280. The minimum absolute atomic E-state index is 0.214. The summed E-state index contributed by atoms with van der Waals surface area (Å²) in [5.74, 6) is -0.214. The molecule has 3 aromatic rings. The van der Waals surface area contributed by atoms with Gasteiger partial charge in [-0.15, -0.1) is 0 Å². The fraction of sp³-hybridized carbons (Fsp3) is 0.355. The Labute approximate surface area is 214 Å². The van der Waals surface area contributed by atoms with Crippen molar-refractivity contribution >= 4 is 23.0 Å². The van der Waals surface area contributed by atoms with Crippen LogP contribution in [0.3, 0.4) is 0 Å². The summed E-state index contributed by atoms with van der Waals surface area (Å²) < 4.78 is 13.9. The summed E-state index contributed by atoms with van der Waals surface area (Å²) in [6.07, 6.45) is 4.47. The maximum atomic E-state index is 13.9. The Balaban J connectivity index is 0.00000124. The number of rotatable bonds is 2. The Kier molecular flexibility index (Phi) is 6.17. The number of halogens is 2. The second-order valence-corrected chi connectivity index (χ2v) is 10.3. The maximum Gasteiger partial charge on any atom is 0.123 e. The number of benzene rings is 3. The first kappa shape index (κ1) is 23.9. The topological polar surface area (TPSA) is 6.48 Å². The molecule has 1 fully saturated rings. The largest absolute Gasteiger partial charge is 0.354 e. The minimum atomic E-state index is -0.319. The zero-order valence-electron chi connectivity index (χ0n) is 21.2. The van der Waals surface area contributed by atoms with Crippen molar-refractivity contribution in [2.75, 3.05) is 18.5 Å². The molecule has 2 nitrogen and oxygen atoms in total. The van der Waals surface area contributed by atoms with Crippen molar-refractivity contribution in [2.45, 2.75) is 58.0 Å². The van der Waals surface area contributed by atoms with E-state index in [2.05, 4.69) is 54.6 Å². The third-order valence-electron chi connectivity index (χ3n) is 8.05. The van der Waals surface area contributed by atoms with Crippen LogP contribution in [0.25, 0.3) is 5.70 Å². The van der Waals surface area contributed by atoms with Crippen molar-refractivity contribution in [3.05, 3.63) is 105 Å². The molecule has 0 aromatic heterocycles. The Morgan fingerprint density at radius 1 is 1.00 bits per heavy atom. The van der Waals surface area contributed by atoms with Gasteiger partial charge in [-0.1, -0.05) is 56.3 Å². The summed E-state index contributed by atoms with van der Waals surface area (Å²) in [4.78, 5) is 4.88. The molecule has 2 atom stereocenters. The molecule has 6 rings (SSSR count). The SMILES string of the molecule is C=C1c2cc3c(cc2N(C)C2CCCN12)CC(c1ccc(F)cc1)(c1ccc(C)cc1Cl)C3.CC. The van der Waals surface area contributed by atoms with Crippen LogP contribution in [-0.2, 0) is 18.3 Å². The quantitative estimate of drug-likeness (QED) is 0.364. The lowest BCUT2D eigenvalue weighted by Gasteiger charge is -2.43. The number of aryl methyl sites for hydroxylation is 1. The molecule has 0 N–H and O–H groups in total. The Morgan fingerprint density at radius 2 is 1.69 bits per heavy atom. The van der Waals surface area contributed by atoms with E-state index in [-0.39, 0.29) is 11.2 Å². The monoisotopic (exact) mass is 488 g/mol. The van der Waals surface area contributed by atoms with Crippen LogP contribution in [0, 0.1) is 12.7 Å². The van der Waals surface area contributed by atoms with Gasteiger partial charge in [-0.2, -0.15) is 0 Å². The van der Waals surface area contributed by atoms with Crippen LogP contribution in [0.5, 0.6) is 0 Å². The normalized spacial score (nSPS) is 22.3. The predicted octanol–water partition coefficient (Wildman–Crippen LogP) is 7.74. The first-order chi connectivity index (χ1) is 16.9. The highest BCUT2D eigenvalue weighted by Gasteiger charge is 2.44. The molecule has 3 aromatic carbocycles. The van der Waals surface area contributed by atoms with Crippen molar-refractivity contribution < 1.29 is 4.39 Å². The second-order valence-electron chi connectivity index (χ2n) is 9.94. The molecule has 0 radical (unpaired) electrons. The highest BCUT2D eigenvalue weighted by Crippen LogP contribution is 2.50. The summed E-state index contributed by atoms with van der Waals surface area (Å²) in [7, 11) is 2.21. The van der Waals surface area contributed by atoms with Crippen LogP contribution in [-0.4, -0.2) is 24.7 Å². The molecule has 0 spiro atoms. The van der Waals surface area contributed by atoms with Gasteiger partial charge in [-0.25, -0.2) is 4.39 Å². The van der Waals surface area contributed by atoms with Crippen LogP contribution in [0.15, 0.2) is 61.2 Å². The van der Waals surface area contributed by atoms with E-state index in [1.807, 2.05) is 32.0 Å². The molecule has 35 heavy (non-hydrogen) atoms. The van der Waals surface area contributed by atoms with Crippen LogP contribution < -0.4 is 4.90 Å². The van der Waals surface area contributed by atoms with Crippen molar-refractivity contribution in [3.63, 3.8) is 0 Å². The average Bonchev–Trinajstić information content (AvgIpc) is 3.49.